The maximum absolute atomic E-state index is 12.6. The fourth-order valence-electron chi connectivity index (χ4n) is 29.6. The molecule has 0 aromatic carbocycles. The van der Waals surface area contributed by atoms with Crippen LogP contribution in [0, 0.1) is 151 Å². The van der Waals surface area contributed by atoms with Crippen LogP contribution in [-0.2, 0) is 61.7 Å². The molecule has 16 fully saturated rings. The van der Waals surface area contributed by atoms with Crippen LogP contribution in [0.25, 0.3) is 9.69 Å². The number of Topliss-reactive ketones (excluding diaryl/α,β-unsaturated/α-hetero) is 5. The van der Waals surface area contributed by atoms with E-state index in [9.17, 15) is 58.2 Å². The summed E-state index contributed by atoms with van der Waals surface area (Å²) in [7, 11) is -2.55. The van der Waals surface area contributed by atoms with Crippen molar-refractivity contribution in [1.29, 1.82) is 0 Å². The predicted octanol–water partition coefficient (Wildman–Crippen LogP) is 18.2. The summed E-state index contributed by atoms with van der Waals surface area (Å²) in [5, 5.41) is 31.3. The van der Waals surface area contributed by atoms with Gasteiger partial charge >= 0.3 is 17.9 Å². The van der Waals surface area contributed by atoms with E-state index in [0.717, 1.165) is 161 Å². The Kier molecular flexibility index (Phi) is 26.6. The van der Waals surface area contributed by atoms with Gasteiger partial charge in [-0.05, 0) is 271 Å². The molecule has 0 heterocycles. The first-order valence-corrected chi connectivity index (χ1v) is 44.8. The second kappa shape index (κ2) is 33.3. The number of nitrogens with zero attached hydrogens (tertiary/aromatic N) is 2. The minimum atomic E-state index is -2.55. The highest BCUT2D eigenvalue weighted by Crippen LogP contribution is 2.71. The number of aliphatic hydroxyl groups excluding tert-OH is 3. The van der Waals surface area contributed by atoms with Gasteiger partial charge in [0, 0.05) is 106 Å². The lowest BCUT2D eigenvalue weighted by molar-refractivity contribution is -0.190. The third kappa shape index (κ3) is 15.8. The summed E-state index contributed by atoms with van der Waals surface area (Å²) in [6.45, 7) is 40.2. The summed E-state index contributed by atoms with van der Waals surface area (Å²) in [6, 6.07) is 0. The van der Waals surface area contributed by atoms with Crippen molar-refractivity contribution in [3.63, 3.8) is 0 Å². The summed E-state index contributed by atoms with van der Waals surface area (Å²) in [5.74, 6) is 8.44. The Hall–Kier alpha value is -4.45. The number of hydrogen-bond donors (Lipinski definition) is 3. The minimum Gasteiger partial charge on any atom is -0.462 e. The normalized spacial score (nSPS) is 47.6. The Morgan fingerprint density at radius 2 is 0.773 bits per heavy atom. The molecule has 0 aromatic rings. The molecule has 31 atom stereocenters. The van der Waals surface area contributed by atoms with Crippen molar-refractivity contribution in [2.75, 3.05) is 19.6 Å². The lowest BCUT2D eigenvalue weighted by Crippen LogP contribution is -2.59. The Bertz CT molecular complexity index is 3630. The molecule has 18 nitrogen and oxygen atoms in total. The zero-order valence-electron chi connectivity index (χ0n) is 67.8. The number of allylic oxidation sites excluding steroid dienone is 1. The largest absolute Gasteiger partial charge is 0.462 e. The average Bonchev–Trinajstić information content (AvgIpc) is 1.31. The molecule has 16 saturated carbocycles. The Balaban J connectivity index is 0.000000150. The molecule has 0 bridgehead atoms. The zero-order valence-corrected chi connectivity index (χ0v) is 68.7. The predicted molar refractivity (Wildman–Crippen MR) is 423 cm³/mol. The van der Waals surface area contributed by atoms with E-state index in [1.54, 1.807) is 13.1 Å². The van der Waals surface area contributed by atoms with Crippen molar-refractivity contribution in [3.05, 3.63) is 34.6 Å². The van der Waals surface area contributed by atoms with Crippen LogP contribution in [-0.4, -0.2) is 118 Å². The quantitative estimate of drug-likeness (QED) is 0.0966. The highest BCUT2D eigenvalue weighted by atomic mass is 31.2. The van der Waals surface area contributed by atoms with E-state index < -0.39 is 7.37 Å². The standard InChI is InChI=1S/C23H33NO3.C21H32O4.C21H30O4.C19H28O3.C5H10NO2P.2CH4/c1-14(25)27-21-12-17-18-6-5-15(13-24-4)22(18,2)10-8-19(17)23(3)9-7-16(26)11-20(21)23;2*1-12(22)25-18-11-14-15-4-5-19(24)21(15,3)9-7-16(14)20(2)8-6-13(23)10-17(18)20;1-18-7-5-11(20)9-15(18)16(21)10-12-13-3-4-17(22)19(13,2)8-6-14(12)18;1-4-8-9(3,7)5-6-2;;/h13,16-21,26H,5-12H2,1-3H3;13-18,23H,4-11H2,1-3H3;14-18H,4-11H2,1-3H3;12-16,21H,3-10H2,1-2H3;4-5H2,1,3H3;2*1H4/b15-13-;;;;;;/t16-,17+,18+,19+,20-,21+,22-,23-;13-,14+,15+,16+,17-,18+,20-,21+;14-,15-,16-,17+,18-,20+,21-;12-,13-,14-,15+,16-,18+,19-;;;/m1100.../s1. The van der Waals surface area contributed by atoms with Crippen LogP contribution in [0.2, 0.25) is 0 Å². The molecule has 3 N–H and O–H groups in total. The van der Waals surface area contributed by atoms with E-state index in [4.69, 9.17) is 31.9 Å². The van der Waals surface area contributed by atoms with E-state index in [1.165, 1.54) is 45.9 Å². The van der Waals surface area contributed by atoms with Gasteiger partial charge in [0.25, 0.3) is 13.7 Å². The molecule has 0 aliphatic heterocycles. The molecule has 0 aromatic heterocycles. The van der Waals surface area contributed by atoms with Gasteiger partial charge in [-0.2, -0.15) is 0 Å². The van der Waals surface area contributed by atoms with Crippen LogP contribution in [0.15, 0.2) is 11.8 Å². The van der Waals surface area contributed by atoms with Crippen LogP contribution < -0.4 is 0 Å². The molecule has 0 amide bonds. The highest BCUT2D eigenvalue weighted by Gasteiger charge is 2.68. The molecule has 16 aliphatic carbocycles. The molecule has 1 unspecified atom stereocenters. The monoisotopic (exact) mass is 1550 g/mol. The van der Waals surface area contributed by atoms with Gasteiger partial charge in [-0.3, -0.25) is 42.9 Å². The van der Waals surface area contributed by atoms with Crippen molar-refractivity contribution < 1.29 is 77.0 Å². The van der Waals surface area contributed by atoms with Gasteiger partial charge in [-0.1, -0.05) is 75.8 Å². The van der Waals surface area contributed by atoms with Gasteiger partial charge in [-0.25, -0.2) is 11.4 Å². The number of hydrogen-bond acceptors (Lipinski definition) is 16. The Labute approximate surface area is 660 Å². The maximum Gasteiger partial charge on any atom is 0.302 e. The second-order valence-electron chi connectivity index (χ2n) is 40.0. The lowest BCUT2D eigenvalue weighted by atomic mass is 9.44. The SMILES string of the molecule is C.C.CC(=O)O[C@H]1C[C@@H]2[C@H](CC[C@]3(C)C(=O)CC[C@@H]23)[C@@]2(C)CCC(=O)C[C@H]12.CC(=O)O[C@H]1C[C@@H]2[C@H](CC[C@]3(C)C(=O)CC[C@@H]23)[C@@]2(C)CC[C@@H](O)C[C@H]12.C[C@]12CCC(=O)C[C@@H]1[C@@H](O)C[C@@H]1[C@@H]2CC[C@]2(C)C(=O)CC[C@@H]12.[C-]#[N+]/C=C1/CC[C@H]2[C@@H]3C[C@H](OC(C)=O)[C@H]4C[C@H](O)CC[C@]4(C)[C@H]3CC[C@]12C.[C-]#[N+]CP(C)(=O)OCC. The maximum atomic E-state index is 12.6. The summed E-state index contributed by atoms with van der Waals surface area (Å²) in [6.07, 6.45) is 29.7. The number of fused-ring (bicyclic) bond motifs is 20. The third-order valence-corrected chi connectivity index (χ3v) is 36.6. The van der Waals surface area contributed by atoms with E-state index in [1.807, 2.05) is 0 Å². The Morgan fingerprint density at radius 3 is 1.15 bits per heavy atom. The van der Waals surface area contributed by atoms with Crippen molar-refractivity contribution in [2.24, 2.45) is 138 Å². The molecule has 0 saturated heterocycles. The van der Waals surface area contributed by atoms with Crippen molar-refractivity contribution in [3.8, 4) is 0 Å². The number of ether oxygens (including phenoxy) is 3. The topological polar surface area (TPSA) is 260 Å². The number of rotatable bonds is 6. The molecule has 16 rings (SSSR count). The van der Waals surface area contributed by atoms with E-state index in [2.05, 4.69) is 65.1 Å². The van der Waals surface area contributed by atoms with Crippen molar-refractivity contribution in [2.45, 2.75) is 340 Å². The average molecular weight is 1550 g/mol. The van der Waals surface area contributed by atoms with Crippen LogP contribution >= 0.6 is 7.37 Å². The summed E-state index contributed by atoms with van der Waals surface area (Å²) >= 11 is 0. The number of carbonyl (C=O) groups is 8. The van der Waals surface area contributed by atoms with Gasteiger partial charge in [0.05, 0.1) is 31.5 Å². The highest BCUT2D eigenvalue weighted by molar-refractivity contribution is 7.58. The van der Waals surface area contributed by atoms with Crippen LogP contribution in [0.3, 0.4) is 0 Å². The first-order chi connectivity index (χ1) is 50.8. The lowest BCUT2D eigenvalue weighted by Gasteiger charge is -2.62. The molecule has 0 spiro atoms. The van der Waals surface area contributed by atoms with Gasteiger partial charge in [0.1, 0.15) is 47.2 Å². The second-order valence-corrected chi connectivity index (χ2v) is 42.6. The molecule has 616 valence electrons. The van der Waals surface area contributed by atoms with E-state index in [-0.39, 0.29) is 143 Å². The summed E-state index contributed by atoms with van der Waals surface area (Å²) < 4.78 is 33.2. The molecule has 0 radical (unpaired) electrons. The summed E-state index contributed by atoms with van der Waals surface area (Å²) in [4.78, 5) is 103. The number of carbonyl (C=O) groups excluding carboxylic acids is 8. The zero-order chi connectivity index (χ0) is 78.4. The van der Waals surface area contributed by atoms with Crippen molar-refractivity contribution in [1.82, 2.24) is 0 Å². The molecular weight excluding hydrogens is 1410 g/mol. The summed E-state index contributed by atoms with van der Waals surface area (Å²) in [5.41, 5.74) is 1.46. The van der Waals surface area contributed by atoms with Crippen LogP contribution in [0.4, 0.5) is 0 Å². The van der Waals surface area contributed by atoms with Gasteiger partial charge in [0.15, 0.2) is 6.20 Å². The van der Waals surface area contributed by atoms with Crippen LogP contribution in [0.5, 0.6) is 0 Å². The van der Waals surface area contributed by atoms with Gasteiger partial charge in [-0.15, -0.1) is 0 Å². The Morgan fingerprint density at radius 1 is 0.436 bits per heavy atom. The van der Waals surface area contributed by atoms with Crippen LogP contribution in [0.1, 0.15) is 303 Å². The first-order valence-electron chi connectivity index (χ1n) is 42.6. The van der Waals surface area contributed by atoms with Gasteiger partial charge < -0.3 is 38.9 Å². The smallest absolute Gasteiger partial charge is 0.302 e. The first kappa shape index (κ1) is 87.9. The molecule has 110 heavy (non-hydrogen) atoms. The third-order valence-electron chi connectivity index (χ3n) is 35.1. The fourth-order valence-corrected chi connectivity index (χ4v) is 30.5. The molecule has 16 aliphatic rings. The van der Waals surface area contributed by atoms with Gasteiger partial charge in [0.2, 0.25) is 0 Å². The van der Waals surface area contributed by atoms with E-state index >= 15 is 0 Å². The van der Waals surface area contributed by atoms with E-state index in [0.29, 0.717) is 139 Å². The number of esters is 3. The fraction of sp³-hybridized carbons (Fsp3) is 0.868. The molecule has 19 heteroatoms. The number of ketones is 5. The van der Waals surface area contributed by atoms with Crippen molar-refractivity contribution >= 4 is 54.2 Å². The molecular formula is C91H141N2O16P. The number of aliphatic hydroxyl groups is 3. The minimum absolute atomic E-state index is 0.